The van der Waals surface area contributed by atoms with Gasteiger partial charge >= 0.3 is 6.03 Å². The van der Waals surface area contributed by atoms with Gasteiger partial charge in [-0.1, -0.05) is 12.1 Å². The van der Waals surface area contributed by atoms with E-state index in [0.29, 0.717) is 17.7 Å². The number of aromatic nitrogens is 1. The number of anilines is 1. The van der Waals surface area contributed by atoms with Crippen LogP contribution in [0.1, 0.15) is 48.2 Å². The molecule has 3 N–H and O–H groups in total. The van der Waals surface area contributed by atoms with E-state index in [9.17, 15) is 19.2 Å². The summed E-state index contributed by atoms with van der Waals surface area (Å²) < 4.78 is 0. The van der Waals surface area contributed by atoms with E-state index in [2.05, 4.69) is 20.9 Å². The number of urea groups is 1. The molecule has 1 saturated heterocycles. The van der Waals surface area contributed by atoms with Crippen LogP contribution < -0.4 is 16.0 Å². The summed E-state index contributed by atoms with van der Waals surface area (Å²) in [6, 6.07) is 11.9. The van der Waals surface area contributed by atoms with Gasteiger partial charge in [-0.3, -0.25) is 24.7 Å². The Balaban J connectivity index is 1.27. The maximum Gasteiger partial charge on any atom is 0.319 e. The van der Waals surface area contributed by atoms with Crippen LogP contribution in [0.4, 0.5) is 10.5 Å². The normalized spacial score (nSPS) is 17.8. The summed E-state index contributed by atoms with van der Waals surface area (Å²) in [5.41, 5.74) is 2.06. The number of carbonyl (C=O) groups is 4. The number of hydrogen-bond acceptors (Lipinski definition) is 5. The Hall–Kier alpha value is -4.27. The number of rotatable bonds is 4. The van der Waals surface area contributed by atoms with Crippen LogP contribution in [0, 0.1) is 0 Å². The Kier molecular flexibility index (Phi) is 5.47. The number of nitrogens with zero attached hydrogens (tertiary/aromatic N) is 2. The minimum Gasteiger partial charge on any atom is -0.329 e. The Morgan fingerprint density at radius 1 is 1.09 bits per heavy atom. The van der Waals surface area contributed by atoms with E-state index >= 15 is 0 Å². The van der Waals surface area contributed by atoms with Crippen molar-refractivity contribution >= 4 is 40.2 Å². The van der Waals surface area contributed by atoms with Crippen molar-refractivity contribution in [3.8, 4) is 0 Å². The Bertz CT molecular complexity index is 1380. The number of nitrogens with one attached hydrogen (secondary N) is 3. The Morgan fingerprint density at radius 2 is 1.91 bits per heavy atom. The molecule has 5 amide bonds. The number of piperidine rings is 1. The fourth-order valence-corrected chi connectivity index (χ4v) is 4.64. The van der Waals surface area contributed by atoms with Crippen LogP contribution in [0.3, 0.4) is 0 Å². The lowest BCUT2D eigenvalue weighted by Gasteiger charge is -2.29. The monoisotopic (exact) mass is 471 g/mol. The summed E-state index contributed by atoms with van der Waals surface area (Å²) in [7, 11) is 0. The van der Waals surface area contributed by atoms with Gasteiger partial charge < -0.3 is 15.5 Å². The quantitative estimate of drug-likeness (QED) is 0.505. The van der Waals surface area contributed by atoms with Crippen LogP contribution in [-0.2, 0) is 21.7 Å². The number of carbonyl (C=O) groups excluding carboxylic acids is 4. The van der Waals surface area contributed by atoms with E-state index < -0.39 is 17.5 Å². The molecule has 35 heavy (non-hydrogen) atoms. The molecular weight excluding hydrogens is 446 g/mol. The van der Waals surface area contributed by atoms with Crippen molar-refractivity contribution in [3.63, 3.8) is 0 Å². The number of benzene rings is 2. The Labute approximate surface area is 201 Å². The summed E-state index contributed by atoms with van der Waals surface area (Å²) in [6.45, 7) is 4.09. The first-order valence-electron chi connectivity index (χ1n) is 11.4. The van der Waals surface area contributed by atoms with Gasteiger partial charge in [0.1, 0.15) is 6.04 Å². The van der Waals surface area contributed by atoms with Crippen molar-refractivity contribution < 1.29 is 19.2 Å². The van der Waals surface area contributed by atoms with E-state index in [1.54, 1.807) is 30.6 Å². The molecule has 3 aromatic rings. The van der Waals surface area contributed by atoms with E-state index in [-0.39, 0.29) is 30.8 Å². The van der Waals surface area contributed by atoms with Gasteiger partial charge in [0.2, 0.25) is 11.8 Å². The van der Waals surface area contributed by atoms with Crippen molar-refractivity contribution in [1.29, 1.82) is 0 Å². The highest BCUT2D eigenvalue weighted by Gasteiger charge is 2.39. The standard InChI is InChI=1S/C26H25N5O4/c1-26(2,18-4-3-16-13-27-10-9-15(16)11-18)30-25(35)28-19-5-6-20-17(12-19)14-31(24(20)34)21-7-8-22(32)29-23(21)33/h3-6,9-13,21H,7-8,14H2,1-2H3,(H2,28,30,35)(H,29,32,33). The highest BCUT2D eigenvalue weighted by Crippen LogP contribution is 2.30. The first-order chi connectivity index (χ1) is 16.7. The second-order valence-electron chi connectivity index (χ2n) is 9.41. The highest BCUT2D eigenvalue weighted by atomic mass is 16.2. The molecule has 5 rings (SSSR count). The molecule has 1 aromatic heterocycles. The molecule has 2 aliphatic rings. The second-order valence-corrected chi connectivity index (χ2v) is 9.41. The van der Waals surface area contributed by atoms with E-state index in [1.807, 2.05) is 38.1 Å². The number of amides is 5. The molecule has 2 aliphatic heterocycles. The minimum absolute atomic E-state index is 0.202. The van der Waals surface area contributed by atoms with Gasteiger partial charge in [-0.05, 0) is 67.1 Å². The summed E-state index contributed by atoms with van der Waals surface area (Å²) in [6.07, 6.45) is 4.04. The summed E-state index contributed by atoms with van der Waals surface area (Å²) in [4.78, 5) is 55.0. The molecule has 9 nitrogen and oxygen atoms in total. The van der Waals surface area contributed by atoms with Gasteiger partial charge in [0.05, 0.1) is 5.54 Å². The second kappa shape index (κ2) is 8.50. The summed E-state index contributed by atoms with van der Waals surface area (Å²) in [5, 5.41) is 10.2. The summed E-state index contributed by atoms with van der Waals surface area (Å²) in [5.74, 6) is -1.03. The van der Waals surface area contributed by atoms with Crippen LogP contribution in [0.2, 0.25) is 0 Å². The lowest BCUT2D eigenvalue weighted by molar-refractivity contribution is -0.136. The lowest BCUT2D eigenvalue weighted by atomic mass is 9.92. The molecule has 1 atom stereocenters. The van der Waals surface area contributed by atoms with Crippen molar-refractivity contribution in [2.45, 2.75) is 44.8 Å². The van der Waals surface area contributed by atoms with E-state index in [0.717, 1.165) is 21.9 Å². The predicted molar refractivity (Wildman–Crippen MR) is 129 cm³/mol. The third kappa shape index (κ3) is 4.32. The van der Waals surface area contributed by atoms with Gasteiger partial charge in [-0.15, -0.1) is 0 Å². The molecule has 2 aromatic carbocycles. The molecule has 0 aliphatic carbocycles. The van der Waals surface area contributed by atoms with Crippen molar-refractivity contribution in [2.75, 3.05) is 5.32 Å². The van der Waals surface area contributed by atoms with Crippen LogP contribution in [-0.4, -0.2) is 39.7 Å². The van der Waals surface area contributed by atoms with Gasteiger partial charge in [-0.2, -0.15) is 0 Å². The number of fused-ring (bicyclic) bond motifs is 2. The molecule has 0 saturated carbocycles. The molecule has 1 unspecified atom stereocenters. The molecule has 3 heterocycles. The third-order valence-electron chi connectivity index (χ3n) is 6.57. The van der Waals surface area contributed by atoms with Crippen LogP contribution in [0.25, 0.3) is 10.8 Å². The van der Waals surface area contributed by atoms with Gasteiger partial charge in [0.25, 0.3) is 5.91 Å². The number of pyridine rings is 1. The maximum atomic E-state index is 12.9. The molecule has 1 fully saturated rings. The van der Waals surface area contributed by atoms with Crippen LogP contribution >= 0.6 is 0 Å². The zero-order valence-corrected chi connectivity index (χ0v) is 19.4. The number of imide groups is 1. The molecule has 178 valence electrons. The maximum absolute atomic E-state index is 12.9. The van der Waals surface area contributed by atoms with Crippen molar-refractivity contribution in [1.82, 2.24) is 20.5 Å². The van der Waals surface area contributed by atoms with E-state index in [4.69, 9.17) is 0 Å². The Morgan fingerprint density at radius 3 is 2.71 bits per heavy atom. The zero-order valence-electron chi connectivity index (χ0n) is 19.4. The molecule has 0 spiro atoms. The van der Waals surface area contributed by atoms with Crippen molar-refractivity contribution in [3.05, 3.63) is 71.5 Å². The smallest absolute Gasteiger partial charge is 0.319 e. The average molecular weight is 472 g/mol. The molecule has 0 bridgehead atoms. The predicted octanol–water partition coefficient (Wildman–Crippen LogP) is 3.05. The van der Waals surface area contributed by atoms with Gasteiger partial charge in [0, 0.05) is 42.0 Å². The molecular formula is C26H25N5O4. The van der Waals surface area contributed by atoms with E-state index in [1.165, 1.54) is 4.90 Å². The van der Waals surface area contributed by atoms with Gasteiger partial charge in [-0.25, -0.2) is 4.79 Å². The third-order valence-corrected chi connectivity index (χ3v) is 6.57. The SMILES string of the molecule is CC(C)(NC(=O)Nc1ccc2c(c1)CN(C1CCC(=O)NC1=O)C2=O)c1ccc2cnccc2c1. The van der Waals surface area contributed by atoms with Gasteiger partial charge in [0.15, 0.2) is 0 Å². The highest BCUT2D eigenvalue weighted by molar-refractivity contribution is 6.05. The van der Waals surface area contributed by atoms with Crippen LogP contribution in [0.15, 0.2) is 54.9 Å². The first-order valence-corrected chi connectivity index (χ1v) is 11.4. The topological polar surface area (TPSA) is 120 Å². The zero-order chi connectivity index (χ0) is 24.7. The fourth-order valence-electron chi connectivity index (χ4n) is 4.64. The number of hydrogen-bond donors (Lipinski definition) is 3. The van der Waals surface area contributed by atoms with Crippen LogP contribution in [0.5, 0.6) is 0 Å². The lowest BCUT2D eigenvalue weighted by Crippen LogP contribution is -2.52. The average Bonchev–Trinajstić information content (AvgIpc) is 3.13. The summed E-state index contributed by atoms with van der Waals surface area (Å²) >= 11 is 0. The molecule has 9 heteroatoms. The molecule has 0 radical (unpaired) electrons. The fraction of sp³-hybridized carbons (Fsp3) is 0.269. The minimum atomic E-state index is -0.675. The first kappa shape index (κ1) is 22.5. The van der Waals surface area contributed by atoms with Crippen molar-refractivity contribution in [2.24, 2.45) is 0 Å². The largest absolute Gasteiger partial charge is 0.329 e.